The number of aryl methyl sites for hydroxylation is 1. The number of hydrogen-bond acceptors (Lipinski definition) is 4. The molecule has 0 spiro atoms. The van der Waals surface area contributed by atoms with Crippen molar-refractivity contribution in [3.63, 3.8) is 0 Å². The van der Waals surface area contributed by atoms with Gasteiger partial charge in [0.05, 0.1) is 0 Å². The number of amides is 1. The normalized spacial score (nSPS) is 16.6. The van der Waals surface area contributed by atoms with Gasteiger partial charge in [-0.2, -0.15) is 0 Å². The molecule has 0 atom stereocenters. The van der Waals surface area contributed by atoms with Gasteiger partial charge in [-0.25, -0.2) is 0 Å². The number of anilines is 1. The Balaban J connectivity index is 1.14. The number of hydrogen-bond donors (Lipinski definition) is 1. The average molecular weight is 436 g/mol. The number of carbonyl (C=O) groups is 1. The van der Waals surface area contributed by atoms with Crippen LogP contribution in [0.3, 0.4) is 0 Å². The molecule has 0 aromatic heterocycles. The molecule has 1 amide bonds. The molecule has 0 radical (unpaired) electrons. The lowest BCUT2D eigenvalue weighted by molar-refractivity contribution is -0.117. The standard InChI is InChI=1S/C26H33N3OS/c1-20-8-7-10-24(21(20)2)29-16-14-28(15-17-29)13-6-5-12-27-26(30)23-18-22-9-3-4-11-25(22)31-19-23/h3-4,7-11,18H,5-6,12-17,19H2,1-2H3,(H,27,30). The van der Waals surface area contributed by atoms with Crippen molar-refractivity contribution in [3.8, 4) is 0 Å². The first kappa shape index (κ1) is 22.0. The monoisotopic (exact) mass is 435 g/mol. The number of rotatable bonds is 7. The van der Waals surface area contributed by atoms with E-state index >= 15 is 0 Å². The van der Waals surface area contributed by atoms with Gasteiger partial charge in [-0.15, -0.1) is 11.8 Å². The molecular weight excluding hydrogens is 402 g/mol. The molecule has 2 heterocycles. The van der Waals surface area contributed by atoms with Crippen molar-refractivity contribution in [3.05, 3.63) is 64.7 Å². The molecule has 2 aliphatic rings. The summed E-state index contributed by atoms with van der Waals surface area (Å²) < 4.78 is 0. The Labute approximate surface area is 190 Å². The van der Waals surface area contributed by atoms with Gasteiger partial charge in [-0.3, -0.25) is 9.69 Å². The van der Waals surface area contributed by atoms with Crippen LogP contribution in [0.4, 0.5) is 5.69 Å². The largest absolute Gasteiger partial charge is 0.369 e. The van der Waals surface area contributed by atoms with Crippen molar-refractivity contribution in [1.29, 1.82) is 0 Å². The van der Waals surface area contributed by atoms with Gasteiger partial charge in [0, 0.05) is 54.6 Å². The zero-order valence-electron chi connectivity index (χ0n) is 18.7. The molecule has 2 aromatic rings. The van der Waals surface area contributed by atoms with Crippen LogP contribution < -0.4 is 10.2 Å². The third-order valence-corrected chi connectivity index (χ3v) is 7.54. The summed E-state index contributed by atoms with van der Waals surface area (Å²) in [5, 5.41) is 3.11. The number of benzene rings is 2. The minimum absolute atomic E-state index is 0.0872. The Kier molecular flexibility index (Phi) is 7.36. The van der Waals surface area contributed by atoms with E-state index in [1.54, 1.807) is 11.8 Å². The smallest absolute Gasteiger partial charge is 0.248 e. The fourth-order valence-corrected chi connectivity index (χ4v) is 5.31. The second-order valence-corrected chi connectivity index (χ2v) is 9.52. The van der Waals surface area contributed by atoms with Crippen molar-refractivity contribution in [1.82, 2.24) is 10.2 Å². The highest BCUT2D eigenvalue weighted by Gasteiger charge is 2.19. The second-order valence-electron chi connectivity index (χ2n) is 8.51. The molecule has 1 fully saturated rings. The van der Waals surface area contributed by atoms with Crippen LogP contribution in [0, 0.1) is 13.8 Å². The van der Waals surface area contributed by atoms with E-state index in [1.807, 2.05) is 18.2 Å². The molecule has 164 valence electrons. The van der Waals surface area contributed by atoms with E-state index in [1.165, 1.54) is 21.7 Å². The van der Waals surface area contributed by atoms with Gasteiger partial charge >= 0.3 is 0 Å². The minimum atomic E-state index is 0.0872. The van der Waals surface area contributed by atoms with Crippen LogP contribution >= 0.6 is 11.8 Å². The van der Waals surface area contributed by atoms with Crippen LogP contribution in [-0.4, -0.2) is 55.8 Å². The number of fused-ring (bicyclic) bond motifs is 1. The zero-order valence-corrected chi connectivity index (χ0v) is 19.5. The summed E-state index contributed by atoms with van der Waals surface area (Å²) in [6, 6.07) is 14.9. The molecule has 5 heteroatoms. The van der Waals surface area contributed by atoms with Crippen LogP contribution in [0.1, 0.15) is 29.5 Å². The van der Waals surface area contributed by atoms with Gasteiger partial charge < -0.3 is 10.2 Å². The zero-order chi connectivity index (χ0) is 21.6. The second kappa shape index (κ2) is 10.4. The Morgan fingerprint density at radius 2 is 1.81 bits per heavy atom. The molecule has 1 saturated heterocycles. The maximum atomic E-state index is 12.5. The Morgan fingerprint density at radius 1 is 1.00 bits per heavy atom. The van der Waals surface area contributed by atoms with Crippen LogP contribution in [-0.2, 0) is 4.79 Å². The first-order valence-corrected chi connectivity index (χ1v) is 12.3. The maximum Gasteiger partial charge on any atom is 0.248 e. The molecule has 0 bridgehead atoms. The molecule has 0 unspecified atom stereocenters. The average Bonchev–Trinajstić information content (AvgIpc) is 2.80. The molecule has 0 saturated carbocycles. The van der Waals surface area contributed by atoms with Crippen LogP contribution in [0.25, 0.3) is 6.08 Å². The number of thioether (sulfide) groups is 1. The van der Waals surface area contributed by atoms with Crippen LogP contribution in [0.15, 0.2) is 52.9 Å². The van der Waals surface area contributed by atoms with E-state index in [0.717, 1.165) is 69.0 Å². The molecule has 31 heavy (non-hydrogen) atoms. The molecule has 4 rings (SSSR count). The number of carbonyl (C=O) groups excluding carboxylic acids is 1. The molecule has 4 nitrogen and oxygen atoms in total. The molecule has 2 aromatic carbocycles. The third kappa shape index (κ3) is 5.52. The first-order valence-electron chi connectivity index (χ1n) is 11.4. The number of unbranched alkanes of at least 4 members (excludes halogenated alkanes) is 1. The van der Waals surface area contributed by atoms with E-state index in [-0.39, 0.29) is 5.91 Å². The van der Waals surface area contributed by atoms with Crippen molar-refractivity contribution >= 4 is 29.4 Å². The number of piperazine rings is 1. The lowest BCUT2D eigenvalue weighted by Gasteiger charge is -2.37. The molecule has 1 N–H and O–H groups in total. The SMILES string of the molecule is Cc1cccc(N2CCN(CCCCNC(=O)C3=Cc4ccccc4SC3)CC2)c1C. The minimum Gasteiger partial charge on any atom is -0.369 e. The summed E-state index contributed by atoms with van der Waals surface area (Å²) in [4.78, 5) is 18.8. The summed E-state index contributed by atoms with van der Waals surface area (Å²) in [6.45, 7) is 10.7. The van der Waals surface area contributed by atoms with Crippen LogP contribution in [0.5, 0.6) is 0 Å². The van der Waals surface area contributed by atoms with Gasteiger partial charge in [-0.1, -0.05) is 30.3 Å². The predicted molar refractivity (Wildman–Crippen MR) is 132 cm³/mol. The first-order chi connectivity index (χ1) is 15.1. The highest BCUT2D eigenvalue weighted by Crippen LogP contribution is 2.31. The van der Waals surface area contributed by atoms with Crippen molar-refractivity contribution in [2.45, 2.75) is 31.6 Å². The summed E-state index contributed by atoms with van der Waals surface area (Å²) in [6.07, 6.45) is 4.19. The van der Waals surface area contributed by atoms with E-state index in [4.69, 9.17) is 0 Å². The van der Waals surface area contributed by atoms with Crippen LogP contribution in [0.2, 0.25) is 0 Å². The Hall–Kier alpha value is -2.24. The molecular formula is C26H33N3OS. The van der Waals surface area contributed by atoms with Crippen molar-refractivity contribution in [2.75, 3.05) is 49.9 Å². The van der Waals surface area contributed by atoms with Gasteiger partial charge in [-0.05, 0) is 68.1 Å². The maximum absolute atomic E-state index is 12.5. The lowest BCUT2D eigenvalue weighted by Crippen LogP contribution is -2.47. The van der Waals surface area contributed by atoms with E-state index in [2.05, 4.69) is 59.3 Å². The highest BCUT2D eigenvalue weighted by molar-refractivity contribution is 7.99. The number of nitrogens with zero attached hydrogens (tertiary/aromatic N) is 2. The van der Waals surface area contributed by atoms with Gasteiger partial charge in [0.2, 0.25) is 5.91 Å². The summed E-state index contributed by atoms with van der Waals surface area (Å²) in [5.41, 5.74) is 6.20. The van der Waals surface area contributed by atoms with E-state index in [0.29, 0.717) is 0 Å². The lowest BCUT2D eigenvalue weighted by atomic mass is 10.1. The summed E-state index contributed by atoms with van der Waals surface area (Å²) in [5.74, 6) is 0.845. The van der Waals surface area contributed by atoms with Crippen molar-refractivity contribution < 1.29 is 4.79 Å². The van der Waals surface area contributed by atoms with E-state index in [9.17, 15) is 4.79 Å². The molecule has 0 aliphatic carbocycles. The fourth-order valence-electron chi connectivity index (χ4n) is 4.31. The van der Waals surface area contributed by atoms with Crippen molar-refractivity contribution in [2.24, 2.45) is 0 Å². The fraction of sp³-hybridized carbons (Fsp3) is 0.423. The highest BCUT2D eigenvalue weighted by atomic mass is 32.2. The van der Waals surface area contributed by atoms with Gasteiger partial charge in [0.1, 0.15) is 0 Å². The topological polar surface area (TPSA) is 35.6 Å². The quantitative estimate of drug-likeness (QED) is 0.649. The molecule has 2 aliphatic heterocycles. The Bertz CT molecular complexity index is 947. The van der Waals surface area contributed by atoms with Gasteiger partial charge in [0.25, 0.3) is 0 Å². The van der Waals surface area contributed by atoms with E-state index < -0.39 is 0 Å². The Morgan fingerprint density at radius 3 is 2.65 bits per heavy atom. The third-order valence-electron chi connectivity index (χ3n) is 6.40. The number of nitrogens with one attached hydrogen (secondary N) is 1. The van der Waals surface area contributed by atoms with Gasteiger partial charge in [0.15, 0.2) is 0 Å². The summed E-state index contributed by atoms with van der Waals surface area (Å²) in [7, 11) is 0. The predicted octanol–water partition coefficient (Wildman–Crippen LogP) is 4.51. The summed E-state index contributed by atoms with van der Waals surface area (Å²) >= 11 is 1.75.